The number of fused-ring (bicyclic) bond motifs is 2. The fraction of sp³-hybridized carbons (Fsp3) is 0.490. The third-order valence-corrected chi connectivity index (χ3v) is 12.7. The number of aromatic nitrogens is 1. The Balaban J connectivity index is 1.52. The summed E-state index contributed by atoms with van der Waals surface area (Å²) in [6.07, 6.45) is 2.06. The van der Waals surface area contributed by atoms with E-state index in [-0.39, 0.29) is 102 Å². The molecule has 0 radical (unpaired) electrons. The molecule has 26 heteroatoms. The van der Waals surface area contributed by atoms with Gasteiger partial charge in [-0.05, 0) is 87.1 Å². The number of nitrogens with zero attached hydrogens (tertiary/aromatic N) is 3. The van der Waals surface area contributed by atoms with Crippen LogP contribution in [-0.4, -0.2) is 143 Å². The maximum Gasteiger partial charge on any atom is 0.246 e. The zero-order valence-electron chi connectivity index (χ0n) is 41.8. The minimum absolute atomic E-state index is 0.0128. The molecule has 9 amide bonds. The number of rotatable bonds is 16. The van der Waals surface area contributed by atoms with Crippen LogP contribution in [0.1, 0.15) is 82.3 Å². The normalized spacial score (nSPS) is 22.0. The molecule has 2 aromatic carbocycles. The van der Waals surface area contributed by atoms with Gasteiger partial charge in [0.1, 0.15) is 48.1 Å². The molecule has 1 aromatic heterocycles. The molecule has 75 heavy (non-hydrogen) atoms. The van der Waals surface area contributed by atoms with Gasteiger partial charge in [-0.2, -0.15) is 0 Å². The summed E-state index contributed by atoms with van der Waals surface area (Å²) in [7, 11) is 0. The number of primary amides is 1. The lowest BCUT2D eigenvalue weighted by Gasteiger charge is -2.31. The molecule has 7 atom stereocenters. The van der Waals surface area contributed by atoms with Gasteiger partial charge in [-0.15, -0.1) is 0 Å². The van der Waals surface area contributed by atoms with Gasteiger partial charge in [0.25, 0.3) is 0 Å². The summed E-state index contributed by atoms with van der Waals surface area (Å²) in [5, 5.41) is 19.5. The number of nitrogens with one attached hydrogen (secondary N) is 8. The Hall–Kier alpha value is -8.32. The number of aliphatic imine (C=N–C) groups is 2. The molecule has 7 unspecified atom stereocenters. The van der Waals surface area contributed by atoms with Crippen molar-refractivity contribution in [1.29, 1.82) is 0 Å². The summed E-state index contributed by atoms with van der Waals surface area (Å²) < 4.78 is 14.1. The second-order valence-electron chi connectivity index (χ2n) is 18.5. The van der Waals surface area contributed by atoms with Gasteiger partial charge in [-0.3, -0.25) is 53.1 Å². The lowest BCUT2D eigenvalue weighted by atomic mass is 10.0. The zero-order valence-corrected chi connectivity index (χ0v) is 41.8. The van der Waals surface area contributed by atoms with Gasteiger partial charge in [0.05, 0.1) is 6.42 Å². The number of nitrogens with two attached hydrogens (primary N) is 5. The van der Waals surface area contributed by atoms with Crippen molar-refractivity contribution in [1.82, 2.24) is 47.1 Å². The highest BCUT2D eigenvalue weighted by molar-refractivity contribution is 5.99. The first-order chi connectivity index (χ1) is 35.8. The van der Waals surface area contributed by atoms with Crippen molar-refractivity contribution < 1.29 is 47.5 Å². The SMILES string of the molecule is CC(=O)NC(CCCN=C(N)N)C(=O)NC1CC(=O)NCCCCC(C(N)=O)NC(=O)C(Cc2c[nH]c3ccccc23)NC(=O)C(CCCN=C(N)N)NC(=O)C(Cc2ccc(F)cc2)NC(=O)C2CCCN2C1=O. The lowest BCUT2D eigenvalue weighted by molar-refractivity contribution is -0.143. The summed E-state index contributed by atoms with van der Waals surface area (Å²) in [6, 6.07) is 3.02. The van der Waals surface area contributed by atoms with Gasteiger partial charge >= 0.3 is 0 Å². The van der Waals surface area contributed by atoms with Crippen molar-refractivity contribution in [2.45, 2.75) is 126 Å². The molecule has 2 fully saturated rings. The number of guanidine groups is 2. The Morgan fingerprint density at radius 2 is 1.40 bits per heavy atom. The van der Waals surface area contributed by atoms with Crippen molar-refractivity contribution in [2.75, 3.05) is 26.2 Å². The number of amides is 9. The van der Waals surface area contributed by atoms with Crippen LogP contribution in [0.25, 0.3) is 10.9 Å². The Labute approximate surface area is 432 Å². The molecule has 2 aliphatic heterocycles. The van der Waals surface area contributed by atoms with Crippen molar-refractivity contribution in [2.24, 2.45) is 38.7 Å². The predicted molar refractivity (Wildman–Crippen MR) is 275 cm³/mol. The molecule has 3 aromatic rings. The van der Waals surface area contributed by atoms with E-state index < -0.39 is 108 Å². The van der Waals surface area contributed by atoms with Gasteiger partial charge in [-0.25, -0.2) is 4.39 Å². The van der Waals surface area contributed by atoms with Crippen LogP contribution >= 0.6 is 0 Å². The molecular weight excluding hydrogens is 976 g/mol. The molecule has 0 saturated carbocycles. The highest BCUT2D eigenvalue weighted by atomic mass is 19.1. The number of halogens is 1. The topological polar surface area (TPSA) is 412 Å². The number of hydrogen-bond donors (Lipinski definition) is 13. The quantitative estimate of drug-likeness (QED) is 0.0395. The van der Waals surface area contributed by atoms with Crippen molar-refractivity contribution in [3.8, 4) is 0 Å². The van der Waals surface area contributed by atoms with Crippen LogP contribution in [-0.2, 0) is 56.0 Å². The van der Waals surface area contributed by atoms with Gasteiger partial charge in [0, 0.05) is 63.0 Å². The average molecular weight is 1050 g/mol. The molecule has 18 N–H and O–H groups in total. The van der Waals surface area contributed by atoms with Crippen LogP contribution in [0.4, 0.5) is 4.39 Å². The van der Waals surface area contributed by atoms with Crippen LogP contribution in [0.15, 0.2) is 64.7 Å². The lowest BCUT2D eigenvalue weighted by Crippen LogP contribution is -2.60. The van der Waals surface area contributed by atoms with E-state index >= 15 is 0 Å². The zero-order chi connectivity index (χ0) is 54.6. The first kappa shape index (κ1) is 57.6. The van der Waals surface area contributed by atoms with Gasteiger partial charge in [-0.1, -0.05) is 30.3 Å². The highest BCUT2D eigenvalue weighted by Crippen LogP contribution is 2.22. The Morgan fingerprint density at radius 1 is 0.760 bits per heavy atom. The number of para-hydroxylation sites is 1. The molecular formula is C49H69FN16O9. The largest absolute Gasteiger partial charge is 0.370 e. The molecule has 2 saturated heterocycles. The van der Waals surface area contributed by atoms with Gasteiger partial charge < -0.3 is 75.8 Å². The predicted octanol–water partition coefficient (Wildman–Crippen LogP) is -2.71. The molecule has 5 rings (SSSR count). The molecule has 2 aliphatic rings. The number of hydrogen-bond acceptors (Lipinski definition) is 11. The van der Waals surface area contributed by atoms with E-state index in [1.807, 2.05) is 18.2 Å². The van der Waals surface area contributed by atoms with E-state index in [0.29, 0.717) is 17.5 Å². The van der Waals surface area contributed by atoms with Crippen LogP contribution in [0, 0.1) is 5.82 Å². The first-order valence-corrected chi connectivity index (χ1v) is 24.8. The second kappa shape index (κ2) is 28.2. The monoisotopic (exact) mass is 1040 g/mol. The van der Waals surface area contributed by atoms with Crippen molar-refractivity contribution >= 4 is 76.0 Å². The summed E-state index contributed by atoms with van der Waals surface area (Å²) in [4.78, 5) is 137. The van der Waals surface area contributed by atoms with Crippen LogP contribution in [0.3, 0.4) is 0 Å². The van der Waals surface area contributed by atoms with Crippen LogP contribution in [0.5, 0.6) is 0 Å². The molecule has 406 valence electrons. The standard InChI is InChI=1S/C49H69FN16O9/c1-27(67)60-34(12-6-20-57-48(52)53)42(70)65-38-25-40(68)56-19-5-4-11-33(41(51)69)61-45(73)37(24-29-26-59-32-10-3-2-9-31(29)32)63-43(71)35(13-7-21-58-49(54)55)62-44(72)36(23-28-15-17-30(50)18-16-28)64-46(74)39-14-8-22-66(39)47(38)75/h2-3,9-10,15-18,26,33-39,59H,4-8,11-14,19-25H2,1H3,(H2,51,69)(H,56,68)(H,60,67)(H,61,73)(H,62,72)(H,63,71)(H,64,74)(H,65,70)(H4,52,53,57)(H4,54,55,58). The third-order valence-electron chi connectivity index (χ3n) is 12.7. The van der Waals surface area contributed by atoms with E-state index in [2.05, 4.69) is 52.2 Å². The maximum absolute atomic E-state index is 14.6. The fourth-order valence-electron chi connectivity index (χ4n) is 8.89. The minimum Gasteiger partial charge on any atom is -0.370 e. The third kappa shape index (κ3) is 18.0. The van der Waals surface area contributed by atoms with Crippen molar-refractivity contribution in [3.05, 3.63) is 71.7 Å². The van der Waals surface area contributed by atoms with E-state index in [0.717, 1.165) is 23.0 Å². The number of carbonyl (C=O) groups excluding carboxylic acids is 9. The number of benzene rings is 2. The molecule has 0 aliphatic carbocycles. The average Bonchev–Trinajstić information content (AvgIpc) is 4.02. The van der Waals surface area contributed by atoms with E-state index in [4.69, 9.17) is 28.7 Å². The molecule has 0 spiro atoms. The Bertz CT molecular complexity index is 2580. The van der Waals surface area contributed by atoms with E-state index in [1.54, 1.807) is 12.3 Å². The number of aromatic amines is 1. The molecule has 25 nitrogen and oxygen atoms in total. The summed E-state index contributed by atoms with van der Waals surface area (Å²) in [5.41, 5.74) is 29.6. The first-order valence-electron chi connectivity index (χ1n) is 24.8. The smallest absolute Gasteiger partial charge is 0.246 e. The van der Waals surface area contributed by atoms with Gasteiger partial charge in [0.2, 0.25) is 53.2 Å². The summed E-state index contributed by atoms with van der Waals surface area (Å²) in [5.74, 6) is -7.95. The maximum atomic E-state index is 14.6. The Morgan fingerprint density at radius 3 is 2.09 bits per heavy atom. The van der Waals surface area contributed by atoms with E-state index in [9.17, 15) is 47.5 Å². The summed E-state index contributed by atoms with van der Waals surface area (Å²) >= 11 is 0. The number of H-pyrrole nitrogens is 1. The molecule has 0 bridgehead atoms. The molecule has 3 heterocycles. The van der Waals surface area contributed by atoms with Crippen LogP contribution in [0.2, 0.25) is 0 Å². The van der Waals surface area contributed by atoms with Crippen LogP contribution < -0.4 is 65.9 Å². The highest BCUT2D eigenvalue weighted by Gasteiger charge is 2.41. The van der Waals surface area contributed by atoms with Crippen molar-refractivity contribution in [3.63, 3.8) is 0 Å². The number of carbonyl (C=O) groups is 9. The fourth-order valence-corrected chi connectivity index (χ4v) is 8.89. The van der Waals surface area contributed by atoms with E-state index in [1.165, 1.54) is 24.0 Å². The minimum atomic E-state index is -1.57. The van der Waals surface area contributed by atoms with Gasteiger partial charge in [0.15, 0.2) is 11.9 Å². The summed E-state index contributed by atoms with van der Waals surface area (Å²) in [6.45, 7) is 1.40. The second-order valence-corrected chi connectivity index (χ2v) is 18.5. The Kier molecular flexibility index (Phi) is 21.7.